The molecule has 258 valence electrons. The van der Waals surface area contributed by atoms with Crippen LogP contribution in [0.3, 0.4) is 0 Å². The minimum Gasteiger partial charge on any atom is -0.443 e. The van der Waals surface area contributed by atoms with Crippen molar-refractivity contribution in [3.63, 3.8) is 0 Å². The van der Waals surface area contributed by atoms with Crippen LogP contribution in [0, 0.1) is 22.7 Å². The van der Waals surface area contributed by atoms with E-state index in [1.807, 2.05) is 0 Å². The number of phosphoric ester groups is 1. The van der Waals surface area contributed by atoms with Gasteiger partial charge in [-0.2, -0.15) is 9.57 Å². The molecular weight excluding hydrogens is 651 g/mol. The van der Waals surface area contributed by atoms with E-state index >= 15 is 0 Å². The predicted molar refractivity (Wildman–Crippen MR) is 171 cm³/mol. The van der Waals surface area contributed by atoms with Gasteiger partial charge in [0.2, 0.25) is 10.0 Å². The molecule has 0 bridgehead atoms. The number of phosphoric acid groups is 1. The van der Waals surface area contributed by atoms with Crippen molar-refractivity contribution in [3.05, 3.63) is 60.2 Å². The summed E-state index contributed by atoms with van der Waals surface area (Å²) in [7, 11) is -7.89. The number of carbonyl (C=O) groups excluding carboxylic acids is 1. The van der Waals surface area contributed by atoms with Crippen LogP contribution in [0.2, 0.25) is 0 Å². The molecule has 2 aromatic rings. The fourth-order valence-electron chi connectivity index (χ4n) is 5.78. The van der Waals surface area contributed by atoms with Crippen molar-refractivity contribution >= 4 is 29.6 Å². The van der Waals surface area contributed by atoms with Gasteiger partial charge in [0.05, 0.1) is 36.1 Å². The van der Waals surface area contributed by atoms with Gasteiger partial charge in [0.1, 0.15) is 12.2 Å². The topological polar surface area (TPSA) is 197 Å². The van der Waals surface area contributed by atoms with Gasteiger partial charge >= 0.3 is 13.9 Å². The Labute approximate surface area is 275 Å². The number of nitriles is 1. The maximum absolute atomic E-state index is 14.2. The molecule has 0 spiro atoms. The van der Waals surface area contributed by atoms with Crippen LogP contribution in [0.15, 0.2) is 59.5 Å². The zero-order valence-corrected chi connectivity index (χ0v) is 28.4. The van der Waals surface area contributed by atoms with Crippen LogP contribution in [0.25, 0.3) is 0 Å². The van der Waals surface area contributed by atoms with E-state index in [1.165, 1.54) is 12.1 Å². The highest BCUT2D eigenvalue weighted by atomic mass is 32.2. The molecule has 2 aromatic carbocycles. The minimum absolute atomic E-state index is 0.0257. The molecule has 4 rings (SSSR count). The second-order valence-corrected chi connectivity index (χ2v) is 15.6. The maximum Gasteiger partial charge on any atom is 0.469 e. The zero-order valence-electron chi connectivity index (χ0n) is 26.7. The molecule has 0 aliphatic carbocycles. The van der Waals surface area contributed by atoms with Gasteiger partial charge in [0, 0.05) is 32.2 Å². The maximum atomic E-state index is 14.2. The number of anilines is 1. The first-order chi connectivity index (χ1) is 22.2. The Morgan fingerprint density at radius 2 is 1.94 bits per heavy atom. The SMILES string of the molecule is CNc1cccc(S(=O)(=O)N(CC(OP(=O)(O)O)[C@H](Cc2ccccc2)NC(=O)OC2COC3OCCC23)CC(C)(C)CCC#N)c1. The van der Waals surface area contributed by atoms with E-state index < -0.39 is 60.4 Å². The van der Waals surface area contributed by atoms with Gasteiger partial charge in [-0.05, 0) is 48.4 Å². The molecule has 5 atom stereocenters. The molecule has 2 saturated heterocycles. The third-order valence-electron chi connectivity index (χ3n) is 8.23. The number of carbonyl (C=O) groups is 1. The summed E-state index contributed by atoms with van der Waals surface area (Å²) in [6.07, 6.45) is -2.30. The van der Waals surface area contributed by atoms with Crippen LogP contribution in [0.1, 0.15) is 38.7 Å². The van der Waals surface area contributed by atoms with Crippen LogP contribution in [-0.4, -0.2) is 86.5 Å². The standard InChI is InChI=1S/C31H43N4O10PS/c1-31(2,14-8-15-32)21-35(47(40,41)24-12-7-11-23(18-24)33-3)19-27(45-46(37,38)39)26(17-22-9-5-4-6-10-22)34-30(36)44-28-20-43-29-25(28)13-16-42-29/h4-7,9-12,18,25-29,33H,8,13-14,16-17,19-21H2,1-3H3,(H,34,36)(H2,37,38,39)/t25?,26-,27?,28?,29?/m0/s1. The molecule has 14 nitrogen and oxygen atoms in total. The highest BCUT2D eigenvalue weighted by Gasteiger charge is 2.45. The summed E-state index contributed by atoms with van der Waals surface area (Å²) in [5.41, 5.74) is 0.505. The summed E-state index contributed by atoms with van der Waals surface area (Å²) < 4.78 is 64.0. The molecule has 2 aliphatic rings. The zero-order chi connectivity index (χ0) is 34.2. The third-order valence-corrected chi connectivity index (χ3v) is 10.6. The van der Waals surface area contributed by atoms with Crippen molar-refractivity contribution in [2.24, 2.45) is 11.3 Å². The number of nitrogens with one attached hydrogen (secondary N) is 2. The van der Waals surface area contributed by atoms with E-state index in [-0.39, 0.29) is 36.8 Å². The van der Waals surface area contributed by atoms with Gasteiger partial charge in [0.25, 0.3) is 0 Å². The van der Waals surface area contributed by atoms with Gasteiger partial charge in [-0.15, -0.1) is 0 Å². The second kappa shape index (κ2) is 15.9. The Kier molecular flexibility index (Phi) is 12.4. The third kappa shape index (κ3) is 10.5. The average Bonchev–Trinajstić information content (AvgIpc) is 3.64. The fraction of sp³-hybridized carbons (Fsp3) is 0.548. The van der Waals surface area contributed by atoms with Crippen LogP contribution in [0.4, 0.5) is 10.5 Å². The van der Waals surface area contributed by atoms with Gasteiger partial charge < -0.3 is 34.6 Å². The molecule has 1 amide bonds. The molecule has 0 radical (unpaired) electrons. The number of rotatable bonds is 16. The Morgan fingerprint density at radius 3 is 2.62 bits per heavy atom. The first kappa shape index (κ1) is 36.8. The predicted octanol–water partition coefficient (Wildman–Crippen LogP) is 3.63. The molecule has 2 aliphatic heterocycles. The van der Waals surface area contributed by atoms with Gasteiger partial charge in [0.15, 0.2) is 6.29 Å². The summed E-state index contributed by atoms with van der Waals surface area (Å²) in [5, 5.41) is 14.8. The lowest BCUT2D eigenvalue weighted by Gasteiger charge is -2.36. The molecule has 47 heavy (non-hydrogen) atoms. The van der Waals surface area contributed by atoms with E-state index in [0.717, 1.165) is 4.31 Å². The normalized spacial score (nSPS) is 21.1. The van der Waals surface area contributed by atoms with Gasteiger partial charge in [-0.3, -0.25) is 4.52 Å². The molecule has 0 saturated carbocycles. The van der Waals surface area contributed by atoms with Crippen molar-refractivity contribution in [1.82, 2.24) is 9.62 Å². The van der Waals surface area contributed by atoms with E-state index in [1.54, 1.807) is 63.4 Å². The summed E-state index contributed by atoms with van der Waals surface area (Å²) in [5.74, 6) is -0.153. The average molecular weight is 695 g/mol. The lowest BCUT2D eigenvalue weighted by atomic mass is 9.88. The molecule has 2 fully saturated rings. The lowest BCUT2D eigenvalue weighted by molar-refractivity contribution is -0.0907. The molecule has 0 aromatic heterocycles. The number of hydrogen-bond acceptors (Lipinski definition) is 10. The van der Waals surface area contributed by atoms with Crippen LogP contribution in [0.5, 0.6) is 0 Å². The second-order valence-electron chi connectivity index (χ2n) is 12.4. The van der Waals surface area contributed by atoms with E-state index in [0.29, 0.717) is 30.7 Å². The number of alkyl carbamates (subject to hydrolysis) is 1. The fourth-order valence-corrected chi connectivity index (χ4v) is 8.04. The smallest absolute Gasteiger partial charge is 0.443 e. The number of ether oxygens (including phenoxy) is 3. The number of sulfonamides is 1. The first-order valence-electron chi connectivity index (χ1n) is 15.3. The van der Waals surface area contributed by atoms with E-state index in [4.69, 9.17) is 18.7 Å². The number of nitrogens with zero attached hydrogens (tertiary/aromatic N) is 2. The summed E-state index contributed by atoms with van der Waals surface area (Å²) in [6, 6.07) is 15.9. The summed E-state index contributed by atoms with van der Waals surface area (Å²) >= 11 is 0. The lowest BCUT2D eigenvalue weighted by Crippen LogP contribution is -2.53. The Morgan fingerprint density at radius 1 is 1.19 bits per heavy atom. The number of amides is 1. The molecular formula is C31H43N4O10PS. The van der Waals surface area contributed by atoms with Crippen LogP contribution in [-0.2, 0) is 39.7 Å². The highest BCUT2D eigenvalue weighted by Crippen LogP contribution is 2.40. The van der Waals surface area contributed by atoms with Crippen LogP contribution < -0.4 is 10.6 Å². The molecule has 16 heteroatoms. The molecule has 4 unspecified atom stereocenters. The molecule has 4 N–H and O–H groups in total. The van der Waals surface area contributed by atoms with E-state index in [9.17, 15) is 32.8 Å². The monoisotopic (exact) mass is 694 g/mol. The van der Waals surface area contributed by atoms with Crippen molar-refractivity contribution < 1.29 is 46.3 Å². The molecule has 2 heterocycles. The van der Waals surface area contributed by atoms with Crippen molar-refractivity contribution in [1.29, 1.82) is 5.26 Å². The summed E-state index contributed by atoms with van der Waals surface area (Å²) in [4.78, 5) is 33.3. The summed E-state index contributed by atoms with van der Waals surface area (Å²) in [6.45, 7) is 3.54. The highest BCUT2D eigenvalue weighted by molar-refractivity contribution is 7.89. The van der Waals surface area contributed by atoms with Gasteiger partial charge in [-0.1, -0.05) is 50.2 Å². The number of fused-ring (bicyclic) bond motifs is 1. The largest absolute Gasteiger partial charge is 0.469 e. The quantitative estimate of drug-likeness (QED) is 0.187. The minimum atomic E-state index is -5.23. The van der Waals surface area contributed by atoms with Crippen molar-refractivity contribution in [2.45, 2.75) is 69.0 Å². The van der Waals surface area contributed by atoms with Crippen molar-refractivity contribution in [3.8, 4) is 6.07 Å². The number of benzene rings is 2. The Balaban J connectivity index is 1.70. The Hall–Kier alpha value is -3.06. The Bertz CT molecular complexity index is 1550. The van der Waals surface area contributed by atoms with Gasteiger partial charge in [-0.25, -0.2) is 17.8 Å². The van der Waals surface area contributed by atoms with Crippen LogP contribution >= 0.6 is 7.82 Å². The number of hydrogen-bond donors (Lipinski definition) is 4. The van der Waals surface area contributed by atoms with Crippen molar-refractivity contribution in [2.75, 3.05) is 38.7 Å². The first-order valence-corrected chi connectivity index (χ1v) is 18.3. The van der Waals surface area contributed by atoms with E-state index in [2.05, 4.69) is 16.7 Å².